The van der Waals surface area contributed by atoms with Gasteiger partial charge in [-0.1, -0.05) is 19.4 Å². The quantitative estimate of drug-likeness (QED) is 0.822. The Morgan fingerprint density at radius 3 is 2.84 bits per heavy atom. The second-order valence-corrected chi connectivity index (χ2v) is 7.82. The molecule has 2 atom stereocenters. The Kier molecular flexibility index (Phi) is 5.52. The number of aromatic nitrogens is 1. The van der Waals surface area contributed by atoms with Gasteiger partial charge in [-0.3, -0.25) is 4.79 Å². The van der Waals surface area contributed by atoms with E-state index in [1.165, 1.54) is 15.8 Å². The first-order chi connectivity index (χ1) is 12.0. The number of fused-ring (bicyclic) bond motifs is 1. The lowest BCUT2D eigenvalue weighted by atomic mass is 9.98. The monoisotopic (exact) mass is 357 g/mol. The van der Waals surface area contributed by atoms with E-state index in [1.54, 1.807) is 18.7 Å². The number of rotatable bonds is 5. The third-order valence-corrected chi connectivity index (χ3v) is 5.75. The van der Waals surface area contributed by atoms with Gasteiger partial charge < -0.3 is 10.2 Å². The third-order valence-electron chi connectivity index (χ3n) is 5.02. The minimum Gasteiger partial charge on any atom is -0.354 e. The van der Waals surface area contributed by atoms with Crippen LogP contribution in [-0.2, 0) is 4.79 Å². The average molecular weight is 358 g/mol. The van der Waals surface area contributed by atoms with E-state index in [0.717, 1.165) is 37.3 Å². The van der Waals surface area contributed by atoms with E-state index in [0.29, 0.717) is 5.92 Å². The molecule has 1 aromatic carbocycles. The fraction of sp³-hybridized carbons (Fsp3) is 0.500. The van der Waals surface area contributed by atoms with Gasteiger partial charge in [-0.05, 0) is 49.3 Å². The molecule has 1 saturated heterocycles. The predicted octanol–water partition coefficient (Wildman–Crippen LogP) is 4.01. The molecule has 0 radical (unpaired) electrons. The van der Waals surface area contributed by atoms with Gasteiger partial charge >= 0.3 is 0 Å². The molecule has 0 bridgehead atoms. The van der Waals surface area contributed by atoms with E-state index in [1.807, 2.05) is 0 Å². The molecular weight excluding hydrogens is 330 g/mol. The second-order valence-electron chi connectivity index (χ2n) is 6.94. The fourth-order valence-corrected chi connectivity index (χ4v) is 4.23. The van der Waals surface area contributed by atoms with Gasteiger partial charge in [0.05, 0.1) is 11.6 Å². The summed E-state index contributed by atoms with van der Waals surface area (Å²) >= 11 is 1.74. The fourth-order valence-electron chi connectivity index (χ4n) is 3.80. The Hall–Kier alpha value is -1.75. The molecule has 1 aliphatic heterocycles. The van der Waals surface area contributed by atoms with E-state index in [2.05, 4.69) is 54.6 Å². The number of anilines is 1. The van der Waals surface area contributed by atoms with Gasteiger partial charge in [-0.2, -0.15) is 0 Å². The first kappa shape index (κ1) is 18.1. The molecule has 0 unspecified atom stereocenters. The largest absolute Gasteiger partial charge is 0.354 e. The van der Waals surface area contributed by atoms with E-state index in [4.69, 9.17) is 4.98 Å². The molecule has 2 heterocycles. The zero-order valence-corrected chi connectivity index (χ0v) is 16.3. The van der Waals surface area contributed by atoms with Crippen molar-refractivity contribution in [1.82, 2.24) is 10.3 Å². The number of thioether (sulfide) groups is 1. The molecule has 0 saturated carbocycles. The molecule has 1 fully saturated rings. The molecule has 0 spiro atoms. The molecule has 3 rings (SSSR count). The van der Waals surface area contributed by atoms with Crippen LogP contribution in [0.15, 0.2) is 29.2 Å². The van der Waals surface area contributed by atoms with E-state index in [9.17, 15) is 4.79 Å². The van der Waals surface area contributed by atoms with Crippen LogP contribution in [0.5, 0.6) is 0 Å². The number of pyridine rings is 1. The van der Waals surface area contributed by atoms with Crippen LogP contribution in [-0.4, -0.2) is 36.3 Å². The Balaban J connectivity index is 1.91. The summed E-state index contributed by atoms with van der Waals surface area (Å²) < 4.78 is 0. The molecule has 1 aromatic heterocycles. The number of carbonyl (C=O) groups is 1. The van der Waals surface area contributed by atoms with Crippen molar-refractivity contribution in [3.63, 3.8) is 0 Å². The highest BCUT2D eigenvalue weighted by Gasteiger charge is 2.33. The molecule has 0 aliphatic carbocycles. The van der Waals surface area contributed by atoms with Crippen LogP contribution in [0.1, 0.15) is 32.3 Å². The summed E-state index contributed by atoms with van der Waals surface area (Å²) in [6.07, 6.45) is 4.35. The predicted molar refractivity (Wildman–Crippen MR) is 106 cm³/mol. The van der Waals surface area contributed by atoms with Gasteiger partial charge in [-0.15, -0.1) is 11.8 Å². The van der Waals surface area contributed by atoms with Crippen LogP contribution >= 0.6 is 11.8 Å². The van der Waals surface area contributed by atoms with Gasteiger partial charge in [0, 0.05) is 30.3 Å². The number of amides is 1. The lowest BCUT2D eigenvalue weighted by Crippen LogP contribution is -2.39. The van der Waals surface area contributed by atoms with Crippen molar-refractivity contribution in [2.75, 3.05) is 24.2 Å². The SMILES string of the molecule is CCC[C@@H]1CN(c2cc(C)c3ccc(SC)cc3n2)C[C@H]1NC(C)=O. The Labute approximate surface area is 154 Å². The Morgan fingerprint density at radius 2 is 2.16 bits per heavy atom. The average Bonchev–Trinajstić information content (AvgIpc) is 2.96. The summed E-state index contributed by atoms with van der Waals surface area (Å²) in [6.45, 7) is 7.75. The van der Waals surface area contributed by atoms with E-state index in [-0.39, 0.29) is 11.9 Å². The first-order valence-corrected chi connectivity index (χ1v) is 10.2. The Bertz CT molecular complexity index is 777. The maximum absolute atomic E-state index is 11.5. The summed E-state index contributed by atoms with van der Waals surface area (Å²) in [4.78, 5) is 20.0. The standard InChI is InChI=1S/C20H27N3OS/c1-5-6-15-11-23(12-19(15)21-14(3)24)20-9-13(2)17-8-7-16(25-4)10-18(17)22-20/h7-10,15,19H,5-6,11-12H2,1-4H3,(H,21,24)/t15-,19-/m1/s1. The normalized spacial score (nSPS) is 20.2. The van der Waals surface area contributed by atoms with Crippen molar-refractivity contribution in [2.24, 2.45) is 5.92 Å². The van der Waals surface area contributed by atoms with Crippen LogP contribution < -0.4 is 10.2 Å². The van der Waals surface area contributed by atoms with Crippen molar-refractivity contribution in [2.45, 2.75) is 44.6 Å². The van der Waals surface area contributed by atoms with Crippen LogP contribution in [0.2, 0.25) is 0 Å². The molecule has 4 nitrogen and oxygen atoms in total. The molecule has 1 aliphatic rings. The van der Waals surface area contributed by atoms with Crippen molar-refractivity contribution in [3.05, 3.63) is 29.8 Å². The van der Waals surface area contributed by atoms with Gasteiger partial charge in [0.25, 0.3) is 0 Å². The molecule has 1 amide bonds. The smallest absolute Gasteiger partial charge is 0.217 e. The zero-order chi connectivity index (χ0) is 18.0. The molecule has 1 N–H and O–H groups in total. The summed E-state index contributed by atoms with van der Waals surface area (Å²) in [7, 11) is 0. The van der Waals surface area contributed by atoms with Crippen molar-refractivity contribution in [3.8, 4) is 0 Å². The summed E-state index contributed by atoms with van der Waals surface area (Å²) in [6, 6.07) is 8.88. The number of hydrogen-bond donors (Lipinski definition) is 1. The number of nitrogens with one attached hydrogen (secondary N) is 1. The highest BCUT2D eigenvalue weighted by atomic mass is 32.2. The number of nitrogens with zero attached hydrogens (tertiary/aromatic N) is 2. The van der Waals surface area contributed by atoms with Gasteiger partial charge in [0.2, 0.25) is 5.91 Å². The maximum Gasteiger partial charge on any atom is 0.217 e. The number of benzene rings is 1. The summed E-state index contributed by atoms with van der Waals surface area (Å²) in [5, 5.41) is 4.35. The lowest BCUT2D eigenvalue weighted by molar-refractivity contribution is -0.119. The second kappa shape index (κ2) is 7.65. The molecule has 25 heavy (non-hydrogen) atoms. The summed E-state index contributed by atoms with van der Waals surface area (Å²) in [5.74, 6) is 1.57. The van der Waals surface area contributed by atoms with Crippen LogP contribution in [0.25, 0.3) is 10.9 Å². The summed E-state index contributed by atoms with van der Waals surface area (Å²) in [5.41, 5.74) is 2.31. The van der Waals surface area contributed by atoms with Crippen LogP contribution in [0.3, 0.4) is 0 Å². The van der Waals surface area contributed by atoms with E-state index < -0.39 is 0 Å². The van der Waals surface area contributed by atoms with Crippen LogP contribution in [0.4, 0.5) is 5.82 Å². The third kappa shape index (κ3) is 3.92. The molecular formula is C20H27N3OS. The zero-order valence-electron chi connectivity index (χ0n) is 15.5. The lowest BCUT2D eigenvalue weighted by Gasteiger charge is -2.19. The van der Waals surface area contributed by atoms with Crippen LogP contribution in [0, 0.1) is 12.8 Å². The number of carbonyl (C=O) groups excluding carboxylic acids is 1. The van der Waals surface area contributed by atoms with Crippen molar-refractivity contribution >= 4 is 34.4 Å². The van der Waals surface area contributed by atoms with Crippen molar-refractivity contribution in [1.29, 1.82) is 0 Å². The van der Waals surface area contributed by atoms with E-state index >= 15 is 0 Å². The van der Waals surface area contributed by atoms with Gasteiger partial charge in [0.1, 0.15) is 5.82 Å². The van der Waals surface area contributed by atoms with Gasteiger partial charge in [-0.25, -0.2) is 4.98 Å². The topological polar surface area (TPSA) is 45.2 Å². The first-order valence-electron chi connectivity index (χ1n) is 8.99. The van der Waals surface area contributed by atoms with Gasteiger partial charge in [0.15, 0.2) is 0 Å². The minimum atomic E-state index is 0.0558. The Morgan fingerprint density at radius 1 is 1.36 bits per heavy atom. The number of aryl methyl sites for hydroxylation is 1. The highest BCUT2D eigenvalue weighted by molar-refractivity contribution is 7.98. The minimum absolute atomic E-state index is 0.0558. The molecule has 2 aromatic rings. The number of hydrogen-bond acceptors (Lipinski definition) is 4. The highest BCUT2D eigenvalue weighted by Crippen LogP contribution is 2.30. The molecule has 5 heteroatoms. The maximum atomic E-state index is 11.5. The van der Waals surface area contributed by atoms with Crippen molar-refractivity contribution < 1.29 is 4.79 Å². The molecule has 134 valence electrons.